The third kappa shape index (κ3) is 3.37. The standard InChI is InChI=1S/C25H19N3O2/c29-25(21-14-27-22-12-5-4-11-20(21)22)24(17-7-2-1-3-8-17)28-19-10-6-9-18(13-19)23-15-26-16-30-23/h1-16,24,27-28H. The molecule has 30 heavy (non-hydrogen) atoms. The number of Topliss-reactive ketones (excluding diaryl/α,β-unsaturated/α-hetero) is 1. The van der Waals surface area contributed by atoms with Crippen LogP contribution in [0.25, 0.3) is 22.2 Å². The van der Waals surface area contributed by atoms with Crippen molar-refractivity contribution in [2.75, 3.05) is 5.32 Å². The lowest BCUT2D eigenvalue weighted by Gasteiger charge is -2.19. The maximum atomic E-state index is 13.6. The number of H-pyrrole nitrogens is 1. The molecule has 5 aromatic rings. The van der Waals surface area contributed by atoms with Crippen molar-refractivity contribution in [2.24, 2.45) is 0 Å². The molecule has 0 bridgehead atoms. The molecule has 0 aliphatic rings. The number of benzene rings is 3. The second-order valence-electron chi connectivity index (χ2n) is 7.05. The van der Waals surface area contributed by atoms with E-state index in [0.717, 1.165) is 27.7 Å². The fourth-order valence-corrected chi connectivity index (χ4v) is 3.66. The number of hydrogen-bond acceptors (Lipinski definition) is 4. The van der Waals surface area contributed by atoms with Crippen molar-refractivity contribution in [3.63, 3.8) is 0 Å². The maximum Gasteiger partial charge on any atom is 0.191 e. The summed E-state index contributed by atoms with van der Waals surface area (Å²) in [6.45, 7) is 0. The van der Waals surface area contributed by atoms with Gasteiger partial charge in [0.1, 0.15) is 6.04 Å². The summed E-state index contributed by atoms with van der Waals surface area (Å²) in [5.41, 5.74) is 4.23. The van der Waals surface area contributed by atoms with Gasteiger partial charge in [0, 0.05) is 33.9 Å². The van der Waals surface area contributed by atoms with Crippen molar-refractivity contribution in [1.29, 1.82) is 0 Å². The van der Waals surface area contributed by atoms with E-state index in [-0.39, 0.29) is 5.78 Å². The van der Waals surface area contributed by atoms with E-state index in [9.17, 15) is 4.79 Å². The van der Waals surface area contributed by atoms with Crippen LogP contribution < -0.4 is 5.32 Å². The van der Waals surface area contributed by atoms with Crippen LogP contribution in [0, 0.1) is 0 Å². The number of anilines is 1. The molecule has 2 aromatic heterocycles. The molecule has 2 N–H and O–H groups in total. The van der Waals surface area contributed by atoms with Gasteiger partial charge in [0.2, 0.25) is 0 Å². The summed E-state index contributed by atoms with van der Waals surface area (Å²) in [6.07, 6.45) is 4.86. The van der Waals surface area contributed by atoms with Crippen LogP contribution in [0.5, 0.6) is 0 Å². The third-order valence-electron chi connectivity index (χ3n) is 5.14. The van der Waals surface area contributed by atoms with Crippen LogP contribution in [-0.2, 0) is 0 Å². The Bertz CT molecular complexity index is 1290. The molecule has 0 fully saturated rings. The second-order valence-corrected chi connectivity index (χ2v) is 7.05. The van der Waals surface area contributed by atoms with E-state index in [2.05, 4.69) is 15.3 Å². The minimum atomic E-state index is -0.532. The first-order valence-corrected chi connectivity index (χ1v) is 9.70. The van der Waals surface area contributed by atoms with Gasteiger partial charge >= 0.3 is 0 Å². The average molecular weight is 393 g/mol. The van der Waals surface area contributed by atoms with Gasteiger partial charge in [-0.1, -0.05) is 60.7 Å². The lowest BCUT2D eigenvalue weighted by molar-refractivity contribution is 0.0971. The fraction of sp³-hybridized carbons (Fsp3) is 0.0400. The minimum Gasteiger partial charge on any atom is -0.444 e. The molecule has 5 rings (SSSR count). The number of rotatable bonds is 6. The smallest absolute Gasteiger partial charge is 0.191 e. The first-order valence-electron chi connectivity index (χ1n) is 9.70. The van der Waals surface area contributed by atoms with Crippen LogP contribution >= 0.6 is 0 Å². The molecular formula is C25H19N3O2. The quantitative estimate of drug-likeness (QED) is 0.355. The Morgan fingerprint density at radius 1 is 0.967 bits per heavy atom. The molecular weight excluding hydrogens is 374 g/mol. The highest BCUT2D eigenvalue weighted by Gasteiger charge is 2.24. The Kier molecular flexibility index (Phi) is 4.62. The molecule has 3 aromatic carbocycles. The molecule has 5 nitrogen and oxygen atoms in total. The average Bonchev–Trinajstić information content (AvgIpc) is 3.48. The number of nitrogens with zero attached hydrogens (tertiary/aromatic N) is 1. The van der Waals surface area contributed by atoms with E-state index in [4.69, 9.17) is 4.42 Å². The van der Waals surface area contributed by atoms with Crippen molar-refractivity contribution in [3.8, 4) is 11.3 Å². The zero-order valence-electron chi connectivity index (χ0n) is 16.1. The SMILES string of the molecule is O=C(c1c[nH]c2ccccc12)C(Nc1cccc(-c2cnco2)c1)c1ccccc1. The molecule has 0 amide bonds. The van der Waals surface area contributed by atoms with Crippen molar-refractivity contribution < 1.29 is 9.21 Å². The van der Waals surface area contributed by atoms with Crippen LogP contribution in [0.15, 0.2) is 102 Å². The topological polar surface area (TPSA) is 70.9 Å². The summed E-state index contributed by atoms with van der Waals surface area (Å²) in [4.78, 5) is 20.8. The monoisotopic (exact) mass is 393 g/mol. The summed E-state index contributed by atoms with van der Waals surface area (Å²) in [7, 11) is 0. The highest BCUT2D eigenvalue weighted by molar-refractivity contribution is 6.11. The van der Waals surface area contributed by atoms with Gasteiger partial charge in [0.25, 0.3) is 0 Å². The number of para-hydroxylation sites is 1. The maximum absolute atomic E-state index is 13.6. The van der Waals surface area contributed by atoms with E-state index in [0.29, 0.717) is 11.3 Å². The molecule has 0 saturated carbocycles. The fourth-order valence-electron chi connectivity index (χ4n) is 3.66. The predicted octanol–water partition coefficient (Wildman–Crippen LogP) is 5.86. The Balaban J connectivity index is 1.53. The Hall–Kier alpha value is -4.12. The molecule has 2 heterocycles. The van der Waals surface area contributed by atoms with Gasteiger partial charge in [-0.2, -0.15) is 0 Å². The van der Waals surface area contributed by atoms with Crippen molar-refractivity contribution in [3.05, 3.63) is 109 Å². The lowest BCUT2D eigenvalue weighted by Crippen LogP contribution is -2.21. The molecule has 1 atom stereocenters. The summed E-state index contributed by atoms with van der Waals surface area (Å²) >= 11 is 0. The molecule has 0 spiro atoms. The number of fused-ring (bicyclic) bond motifs is 1. The van der Waals surface area contributed by atoms with Crippen molar-refractivity contribution in [1.82, 2.24) is 9.97 Å². The van der Waals surface area contributed by atoms with E-state index in [1.165, 1.54) is 6.39 Å². The van der Waals surface area contributed by atoms with Crippen LogP contribution in [0.4, 0.5) is 5.69 Å². The Morgan fingerprint density at radius 3 is 2.63 bits per heavy atom. The molecule has 146 valence electrons. The molecule has 0 aliphatic heterocycles. The first-order chi connectivity index (χ1) is 14.8. The van der Waals surface area contributed by atoms with Gasteiger partial charge < -0.3 is 14.7 Å². The highest BCUT2D eigenvalue weighted by atomic mass is 16.3. The molecule has 0 saturated heterocycles. The summed E-state index contributed by atoms with van der Waals surface area (Å²) in [6, 6.07) is 24.8. The number of carbonyl (C=O) groups is 1. The van der Waals surface area contributed by atoms with Gasteiger partial charge in [0.05, 0.1) is 6.20 Å². The molecule has 5 heteroatoms. The number of nitrogens with one attached hydrogen (secondary N) is 2. The van der Waals surface area contributed by atoms with Crippen LogP contribution in [0.2, 0.25) is 0 Å². The summed E-state index contributed by atoms with van der Waals surface area (Å²) in [5.74, 6) is 0.682. The lowest BCUT2D eigenvalue weighted by atomic mass is 9.96. The Morgan fingerprint density at radius 2 is 1.80 bits per heavy atom. The predicted molar refractivity (Wildman–Crippen MR) is 117 cm³/mol. The first kappa shape index (κ1) is 17.9. The minimum absolute atomic E-state index is 0.00344. The number of ketones is 1. The molecule has 0 aliphatic carbocycles. The number of aromatic amines is 1. The number of hydrogen-bond donors (Lipinski definition) is 2. The normalized spacial score (nSPS) is 12.0. The zero-order valence-corrected chi connectivity index (χ0v) is 16.1. The van der Waals surface area contributed by atoms with Crippen molar-refractivity contribution in [2.45, 2.75) is 6.04 Å². The molecule has 1 unspecified atom stereocenters. The highest BCUT2D eigenvalue weighted by Crippen LogP contribution is 2.29. The van der Waals surface area contributed by atoms with Gasteiger partial charge in [-0.25, -0.2) is 4.98 Å². The van der Waals surface area contributed by atoms with Gasteiger partial charge in [-0.15, -0.1) is 0 Å². The summed E-state index contributed by atoms with van der Waals surface area (Å²) in [5, 5.41) is 4.34. The van der Waals surface area contributed by atoms with E-state index in [1.54, 1.807) is 12.4 Å². The van der Waals surface area contributed by atoms with Crippen molar-refractivity contribution >= 4 is 22.4 Å². The van der Waals surface area contributed by atoms with E-state index >= 15 is 0 Å². The number of oxazole rings is 1. The van der Waals surface area contributed by atoms with E-state index in [1.807, 2.05) is 78.9 Å². The Labute approximate surface area is 173 Å². The second kappa shape index (κ2) is 7.72. The number of carbonyl (C=O) groups excluding carboxylic acids is 1. The third-order valence-corrected chi connectivity index (χ3v) is 5.14. The zero-order chi connectivity index (χ0) is 20.3. The van der Waals surface area contributed by atoms with E-state index < -0.39 is 6.04 Å². The van der Waals surface area contributed by atoms with Crippen LogP contribution in [0.1, 0.15) is 22.0 Å². The molecule has 0 radical (unpaired) electrons. The van der Waals surface area contributed by atoms with Crippen LogP contribution in [-0.4, -0.2) is 15.8 Å². The van der Waals surface area contributed by atoms with Gasteiger partial charge in [-0.05, 0) is 23.8 Å². The van der Waals surface area contributed by atoms with Gasteiger partial charge in [-0.3, -0.25) is 4.79 Å². The van der Waals surface area contributed by atoms with Gasteiger partial charge in [0.15, 0.2) is 17.9 Å². The number of aromatic nitrogens is 2. The largest absolute Gasteiger partial charge is 0.444 e. The van der Waals surface area contributed by atoms with Crippen LogP contribution in [0.3, 0.4) is 0 Å². The summed E-state index contributed by atoms with van der Waals surface area (Å²) < 4.78 is 5.41.